The monoisotopic (exact) mass is 404 g/mol. The van der Waals surface area contributed by atoms with Gasteiger partial charge in [0.25, 0.3) is 0 Å². The molecule has 0 atom stereocenters. The predicted molar refractivity (Wildman–Crippen MR) is 123 cm³/mol. The Hall–Kier alpha value is -1.68. The van der Waals surface area contributed by atoms with Gasteiger partial charge in [0.15, 0.2) is 0 Å². The van der Waals surface area contributed by atoms with Crippen molar-refractivity contribution in [3.8, 4) is 0 Å². The average molecular weight is 405 g/mol. The molecule has 160 valence electrons. The van der Waals surface area contributed by atoms with Gasteiger partial charge in [-0.1, -0.05) is 60.7 Å². The highest BCUT2D eigenvalue weighted by Gasteiger charge is 2.55. The second kappa shape index (κ2) is 8.45. The summed E-state index contributed by atoms with van der Waals surface area (Å²) in [6.45, 7) is 4.43. The Labute approximate surface area is 182 Å². The molecular weight excluding hydrogens is 368 g/mol. The van der Waals surface area contributed by atoms with E-state index >= 15 is 0 Å². The Balaban J connectivity index is 1.18. The topological polar surface area (TPSA) is 15.7 Å². The molecule has 0 amide bonds. The van der Waals surface area contributed by atoms with Crippen LogP contribution in [0.25, 0.3) is 0 Å². The second-order valence-corrected chi connectivity index (χ2v) is 10.0. The molecule has 0 bridgehead atoms. The third kappa shape index (κ3) is 4.64. The van der Waals surface area contributed by atoms with Crippen molar-refractivity contribution in [3.63, 3.8) is 0 Å². The smallest absolute Gasteiger partial charge is 0.0819 e. The van der Waals surface area contributed by atoms with E-state index in [1.807, 2.05) is 0 Å². The molecule has 2 saturated carbocycles. The molecule has 0 aromatic heterocycles. The predicted octanol–water partition coefficient (Wildman–Crippen LogP) is 4.91. The fourth-order valence-corrected chi connectivity index (χ4v) is 5.71. The number of nitrogens with zero attached hydrogens (tertiary/aromatic N) is 2. The first-order chi connectivity index (χ1) is 14.6. The Morgan fingerprint density at radius 2 is 1.40 bits per heavy atom. The fourth-order valence-electron chi connectivity index (χ4n) is 5.71. The summed E-state index contributed by atoms with van der Waals surface area (Å²) in [5, 5.41) is 0. The molecule has 0 unspecified atom stereocenters. The number of benzene rings is 2. The molecule has 5 rings (SSSR count). The van der Waals surface area contributed by atoms with Gasteiger partial charge in [-0.3, -0.25) is 4.90 Å². The van der Waals surface area contributed by atoms with Crippen molar-refractivity contribution in [2.24, 2.45) is 0 Å². The first-order valence-electron chi connectivity index (χ1n) is 11.8. The van der Waals surface area contributed by atoms with Crippen molar-refractivity contribution in [1.82, 2.24) is 9.80 Å². The van der Waals surface area contributed by atoms with Crippen LogP contribution in [0.3, 0.4) is 0 Å². The molecule has 0 radical (unpaired) electrons. The van der Waals surface area contributed by atoms with Gasteiger partial charge in [0.05, 0.1) is 11.2 Å². The molecule has 3 nitrogen and oxygen atoms in total. The standard InChI is InChI=1S/C27H36N2O/c1-28(19-14-23-8-4-2-5-9-23)25-12-15-26(16-13-25)21-29(22-27(30-26)17-18-27)20-24-10-6-3-7-11-24/h2-11,25H,12-22H2,1H3/t25-,26-. The van der Waals surface area contributed by atoms with Crippen LogP contribution in [0.15, 0.2) is 60.7 Å². The van der Waals surface area contributed by atoms with Crippen LogP contribution in [0, 0.1) is 0 Å². The number of rotatable bonds is 6. The Kier molecular flexibility index (Phi) is 5.70. The van der Waals surface area contributed by atoms with Crippen molar-refractivity contribution in [1.29, 1.82) is 0 Å². The van der Waals surface area contributed by atoms with Gasteiger partial charge in [-0.25, -0.2) is 0 Å². The van der Waals surface area contributed by atoms with E-state index in [-0.39, 0.29) is 11.2 Å². The summed E-state index contributed by atoms with van der Waals surface area (Å²) >= 11 is 0. The lowest BCUT2D eigenvalue weighted by Crippen LogP contribution is -2.58. The maximum atomic E-state index is 6.88. The fraction of sp³-hybridized carbons (Fsp3) is 0.556. The Morgan fingerprint density at radius 3 is 2.00 bits per heavy atom. The third-order valence-corrected chi connectivity index (χ3v) is 7.60. The molecule has 2 aliphatic carbocycles. The highest BCUT2D eigenvalue weighted by atomic mass is 16.5. The molecule has 3 heteroatoms. The van der Waals surface area contributed by atoms with Crippen molar-refractivity contribution >= 4 is 0 Å². The van der Waals surface area contributed by atoms with E-state index in [0.717, 1.165) is 32.6 Å². The van der Waals surface area contributed by atoms with Gasteiger partial charge >= 0.3 is 0 Å². The van der Waals surface area contributed by atoms with Gasteiger partial charge in [0, 0.05) is 32.2 Å². The lowest BCUT2D eigenvalue weighted by atomic mass is 9.79. The zero-order valence-electron chi connectivity index (χ0n) is 18.4. The molecular formula is C27H36N2O. The number of hydrogen-bond acceptors (Lipinski definition) is 3. The molecule has 3 fully saturated rings. The third-order valence-electron chi connectivity index (χ3n) is 7.60. The zero-order chi connectivity index (χ0) is 20.4. The van der Waals surface area contributed by atoms with E-state index in [0.29, 0.717) is 6.04 Å². The van der Waals surface area contributed by atoms with Crippen LogP contribution < -0.4 is 0 Å². The first kappa shape index (κ1) is 20.2. The van der Waals surface area contributed by atoms with Gasteiger partial charge in [0.1, 0.15) is 0 Å². The SMILES string of the molecule is CN(CCc1ccccc1)[C@H]1CC[C@]2(CC1)CN(Cc1ccccc1)CC1(CC1)O2. The maximum absolute atomic E-state index is 6.88. The minimum atomic E-state index is 0.0836. The molecule has 1 heterocycles. The molecule has 2 spiro atoms. The van der Waals surface area contributed by atoms with Gasteiger partial charge < -0.3 is 9.64 Å². The normalized spacial score (nSPS) is 28.3. The molecule has 30 heavy (non-hydrogen) atoms. The largest absolute Gasteiger partial charge is 0.366 e. The van der Waals surface area contributed by atoms with Crippen LogP contribution >= 0.6 is 0 Å². The van der Waals surface area contributed by atoms with Crippen molar-refractivity contribution in [2.75, 3.05) is 26.7 Å². The van der Waals surface area contributed by atoms with Crippen molar-refractivity contribution in [3.05, 3.63) is 71.8 Å². The van der Waals surface area contributed by atoms with Crippen LogP contribution in [0.5, 0.6) is 0 Å². The van der Waals surface area contributed by atoms with Crippen molar-refractivity contribution in [2.45, 2.75) is 68.7 Å². The summed E-state index contributed by atoms with van der Waals surface area (Å²) in [6, 6.07) is 22.6. The Bertz CT molecular complexity index is 809. The van der Waals surface area contributed by atoms with Crippen LogP contribution in [0.1, 0.15) is 49.7 Å². The van der Waals surface area contributed by atoms with Crippen LogP contribution in [-0.4, -0.2) is 53.7 Å². The van der Waals surface area contributed by atoms with E-state index in [2.05, 4.69) is 77.5 Å². The lowest BCUT2D eigenvalue weighted by Gasteiger charge is -2.51. The lowest BCUT2D eigenvalue weighted by molar-refractivity contribution is -0.188. The first-order valence-corrected chi connectivity index (χ1v) is 11.8. The summed E-state index contributed by atoms with van der Waals surface area (Å²) < 4.78 is 6.88. The highest BCUT2D eigenvalue weighted by Crippen LogP contribution is 2.50. The van der Waals surface area contributed by atoms with E-state index in [4.69, 9.17) is 4.74 Å². The molecule has 1 aliphatic heterocycles. The molecule has 0 N–H and O–H groups in total. The van der Waals surface area contributed by atoms with Gasteiger partial charge in [-0.05, 0) is 63.1 Å². The summed E-state index contributed by atoms with van der Waals surface area (Å²) in [7, 11) is 2.32. The zero-order valence-corrected chi connectivity index (χ0v) is 18.4. The minimum Gasteiger partial charge on any atom is -0.366 e. The van der Waals surface area contributed by atoms with Gasteiger partial charge in [0.2, 0.25) is 0 Å². The molecule has 3 aliphatic rings. The number of morpholine rings is 1. The summed E-state index contributed by atoms with van der Waals surface area (Å²) in [5.74, 6) is 0. The van der Waals surface area contributed by atoms with Gasteiger partial charge in [-0.2, -0.15) is 0 Å². The highest BCUT2D eigenvalue weighted by molar-refractivity contribution is 5.17. The second-order valence-electron chi connectivity index (χ2n) is 10.0. The molecule has 2 aromatic carbocycles. The van der Waals surface area contributed by atoms with Crippen LogP contribution in [0.4, 0.5) is 0 Å². The van der Waals surface area contributed by atoms with Crippen LogP contribution in [0.2, 0.25) is 0 Å². The van der Waals surface area contributed by atoms with Crippen LogP contribution in [-0.2, 0) is 17.7 Å². The van der Waals surface area contributed by atoms with Crippen molar-refractivity contribution < 1.29 is 4.74 Å². The number of ether oxygens (including phenoxy) is 1. The maximum Gasteiger partial charge on any atom is 0.0819 e. The summed E-state index contributed by atoms with van der Waals surface area (Å²) in [6.07, 6.45) is 8.59. The van der Waals surface area contributed by atoms with E-state index in [1.54, 1.807) is 0 Å². The minimum absolute atomic E-state index is 0.0836. The molecule has 1 saturated heterocycles. The van der Waals surface area contributed by atoms with Gasteiger partial charge in [-0.15, -0.1) is 0 Å². The molecule has 2 aromatic rings. The van der Waals surface area contributed by atoms with E-state index in [9.17, 15) is 0 Å². The summed E-state index contributed by atoms with van der Waals surface area (Å²) in [4.78, 5) is 5.28. The summed E-state index contributed by atoms with van der Waals surface area (Å²) in [5.41, 5.74) is 3.12. The Morgan fingerprint density at radius 1 is 0.833 bits per heavy atom. The number of likely N-dealkylation sites (N-methyl/N-ethyl adjacent to an activating group) is 1. The van der Waals surface area contributed by atoms with E-state index < -0.39 is 0 Å². The van der Waals surface area contributed by atoms with E-state index in [1.165, 1.54) is 49.7 Å². The quantitative estimate of drug-likeness (QED) is 0.680. The number of hydrogen-bond donors (Lipinski definition) is 0. The average Bonchev–Trinajstić information content (AvgIpc) is 3.51.